The molecule has 0 N–H and O–H groups in total. The molecule has 3 aliphatic rings. The van der Waals surface area contributed by atoms with E-state index in [2.05, 4.69) is 9.88 Å². The minimum absolute atomic E-state index is 0.159. The summed E-state index contributed by atoms with van der Waals surface area (Å²) in [6.45, 7) is 11.1. The molecule has 1 spiro atoms. The standard InChI is InChI=1S/C19H29N3O3S/c1-14-17(26-15(2)20-14)18(23)22-5-3-19(4-6-22)11-16(25-13-19)12-21-7-9-24-10-8-21/h16H,3-13H2,1-2H3. The predicted molar refractivity (Wildman–Crippen MR) is 101 cm³/mol. The van der Waals surface area contributed by atoms with Gasteiger partial charge in [-0.1, -0.05) is 0 Å². The van der Waals surface area contributed by atoms with Crippen LogP contribution in [-0.4, -0.2) is 79.3 Å². The summed E-state index contributed by atoms with van der Waals surface area (Å²) < 4.78 is 11.6. The van der Waals surface area contributed by atoms with Crippen LogP contribution in [0.5, 0.6) is 0 Å². The van der Waals surface area contributed by atoms with Crippen LogP contribution >= 0.6 is 11.3 Å². The van der Waals surface area contributed by atoms with Gasteiger partial charge in [0.15, 0.2) is 0 Å². The van der Waals surface area contributed by atoms with Crippen molar-refractivity contribution in [3.8, 4) is 0 Å². The number of aryl methyl sites for hydroxylation is 2. The number of thiazole rings is 1. The Morgan fingerprint density at radius 1 is 1.23 bits per heavy atom. The van der Waals surface area contributed by atoms with Crippen molar-refractivity contribution < 1.29 is 14.3 Å². The maximum Gasteiger partial charge on any atom is 0.265 e. The van der Waals surface area contributed by atoms with Gasteiger partial charge in [0.2, 0.25) is 0 Å². The average molecular weight is 380 g/mol. The van der Waals surface area contributed by atoms with Gasteiger partial charge in [0.25, 0.3) is 5.91 Å². The van der Waals surface area contributed by atoms with Gasteiger partial charge in [-0.15, -0.1) is 11.3 Å². The molecule has 1 aromatic rings. The molecule has 4 rings (SSSR count). The van der Waals surface area contributed by atoms with Crippen LogP contribution < -0.4 is 0 Å². The molecule has 6 nitrogen and oxygen atoms in total. The first-order chi connectivity index (χ1) is 12.5. The molecule has 4 heterocycles. The molecule has 3 saturated heterocycles. The van der Waals surface area contributed by atoms with Gasteiger partial charge in [0, 0.05) is 32.7 Å². The summed E-state index contributed by atoms with van der Waals surface area (Å²) in [5.74, 6) is 0.159. The van der Waals surface area contributed by atoms with Gasteiger partial charge in [0.05, 0.1) is 36.6 Å². The van der Waals surface area contributed by atoms with Gasteiger partial charge in [-0.2, -0.15) is 0 Å². The molecule has 1 aromatic heterocycles. The van der Waals surface area contributed by atoms with Crippen LogP contribution in [0.2, 0.25) is 0 Å². The smallest absolute Gasteiger partial charge is 0.265 e. The minimum Gasteiger partial charge on any atom is -0.379 e. The number of carbonyl (C=O) groups is 1. The first-order valence-electron chi connectivity index (χ1n) is 9.70. The highest BCUT2D eigenvalue weighted by molar-refractivity contribution is 7.13. The summed E-state index contributed by atoms with van der Waals surface area (Å²) in [5.41, 5.74) is 1.14. The lowest BCUT2D eigenvalue weighted by atomic mass is 9.76. The fourth-order valence-corrected chi connectivity index (χ4v) is 5.38. The Kier molecular flexibility index (Phi) is 5.32. The third-order valence-electron chi connectivity index (χ3n) is 6.06. The van der Waals surface area contributed by atoms with Crippen molar-refractivity contribution in [2.75, 3.05) is 52.5 Å². The normalized spacial score (nSPS) is 26.5. The maximum absolute atomic E-state index is 12.8. The molecule has 0 aliphatic carbocycles. The maximum atomic E-state index is 12.8. The Hall–Kier alpha value is -1.02. The van der Waals surface area contributed by atoms with Crippen LogP contribution in [0.15, 0.2) is 0 Å². The number of hydrogen-bond donors (Lipinski definition) is 0. The van der Waals surface area contributed by atoms with Gasteiger partial charge in [-0.05, 0) is 38.5 Å². The number of aromatic nitrogens is 1. The van der Waals surface area contributed by atoms with Crippen molar-refractivity contribution in [1.29, 1.82) is 0 Å². The SMILES string of the molecule is Cc1nc(C)c(C(=O)N2CCC3(CC2)COC(CN2CCOCC2)C3)s1. The number of ether oxygens (including phenoxy) is 2. The van der Waals surface area contributed by atoms with E-state index in [1.54, 1.807) is 0 Å². The van der Waals surface area contributed by atoms with Crippen LogP contribution in [0, 0.1) is 19.3 Å². The number of hydrogen-bond acceptors (Lipinski definition) is 6. The van der Waals surface area contributed by atoms with Gasteiger partial charge >= 0.3 is 0 Å². The summed E-state index contributed by atoms with van der Waals surface area (Å²) in [5, 5.41) is 0.967. The third-order valence-corrected chi connectivity index (χ3v) is 7.12. The topological polar surface area (TPSA) is 54.9 Å². The Morgan fingerprint density at radius 2 is 1.96 bits per heavy atom. The van der Waals surface area contributed by atoms with E-state index in [0.717, 1.165) is 87.4 Å². The zero-order valence-corrected chi connectivity index (χ0v) is 16.6. The lowest BCUT2D eigenvalue weighted by Crippen LogP contribution is -2.44. The molecule has 0 bridgehead atoms. The van der Waals surface area contributed by atoms with E-state index in [1.165, 1.54) is 11.3 Å². The Balaban J connectivity index is 1.30. The number of likely N-dealkylation sites (tertiary alicyclic amines) is 1. The van der Waals surface area contributed by atoms with Gasteiger partial charge in [0.1, 0.15) is 4.88 Å². The number of carbonyl (C=O) groups excluding carboxylic acids is 1. The first kappa shape index (κ1) is 18.3. The predicted octanol–water partition coefficient (Wildman–Crippen LogP) is 2.10. The second-order valence-corrected chi connectivity index (χ2v) is 9.19. The molecule has 1 unspecified atom stereocenters. The summed E-state index contributed by atoms with van der Waals surface area (Å²) >= 11 is 1.52. The second kappa shape index (κ2) is 7.54. The van der Waals surface area contributed by atoms with Crippen molar-refractivity contribution in [1.82, 2.24) is 14.8 Å². The monoisotopic (exact) mass is 379 g/mol. The first-order valence-corrected chi connectivity index (χ1v) is 10.5. The van der Waals surface area contributed by atoms with Gasteiger partial charge < -0.3 is 14.4 Å². The molecule has 144 valence electrons. The van der Waals surface area contributed by atoms with Crippen LogP contribution in [0.1, 0.15) is 39.6 Å². The van der Waals surface area contributed by atoms with E-state index in [9.17, 15) is 4.79 Å². The molecule has 3 aliphatic heterocycles. The van der Waals surface area contributed by atoms with Crippen molar-refractivity contribution >= 4 is 17.2 Å². The minimum atomic E-state index is 0.159. The number of amides is 1. The summed E-state index contributed by atoms with van der Waals surface area (Å²) in [6, 6.07) is 0. The molecule has 0 saturated carbocycles. The van der Waals surface area contributed by atoms with E-state index in [-0.39, 0.29) is 11.3 Å². The Morgan fingerprint density at radius 3 is 2.62 bits per heavy atom. The number of rotatable bonds is 3. The molecule has 7 heteroatoms. The molecule has 0 radical (unpaired) electrons. The van der Waals surface area contributed by atoms with E-state index in [0.29, 0.717) is 6.10 Å². The third kappa shape index (κ3) is 3.81. The van der Waals surface area contributed by atoms with E-state index >= 15 is 0 Å². The van der Waals surface area contributed by atoms with Crippen molar-refractivity contribution in [3.05, 3.63) is 15.6 Å². The highest BCUT2D eigenvalue weighted by Crippen LogP contribution is 2.42. The lowest BCUT2D eigenvalue weighted by Gasteiger charge is -2.38. The van der Waals surface area contributed by atoms with Gasteiger partial charge in [-0.3, -0.25) is 9.69 Å². The van der Waals surface area contributed by atoms with E-state index < -0.39 is 0 Å². The van der Waals surface area contributed by atoms with E-state index in [4.69, 9.17) is 9.47 Å². The van der Waals surface area contributed by atoms with Crippen LogP contribution in [-0.2, 0) is 9.47 Å². The molecular formula is C19H29N3O3S. The summed E-state index contributed by atoms with van der Waals surface area (Å²) in [4.78, 5) is 22.5. The highest BCUT2D eigenvalue weighted by Gasteiger charge is 2.43. The molecule has 26 heavy (non-hydrogen) atoms. The number of nitrogens with zero attached hydrogens (tertiary/aromatic N) is 3. The molecule has 1 atom stereocenters. The van der Waals surface area contributed by atoms with Crippen LogP contribution in [0.4, 0.5) is 0 Å². The molecule has 3 fully saturated rings. The fourth-order valence-electron chi connectivity index (χ4n) is 4.49. The quantitative estimate of drug-likeness (QED) is 0.805. The highest BCUT2D eigenvalue weighted by atomic mass is 32.1. The van der Waals surface area contributed by atoms with Crippen molar-refractivity contribution in [2.24, 2.45) is 5.41 Å². The average Bonchev–Trinajstić information content (AvgIpc) is 3.18. The van der Waals surface area contributed by atoms with Crippen LogP contribution in [0.25, 0.3) is 0 Å². The number of morpholine rings is 1. The Labute approximate surface area is 159 Å². The molecule has 1 amide bonds. The molecule has 0 aromatic carbocycles. The lowest BCUT2D eigenvalue weighted by molar-refractivity contribution is 0.00525. The van der Waals surface area contributed by atoms with Crippen LogP contribution in [0.3, 0.4) is 0 Å². The van der Waals surface area contributed by atoms with Gasteiger partial charge in [-0.25, -0.2) is 4.98 Å². The second-order valence-electron chi connectivity index (χ2n) is 7.99. The Bertz CT molecular complexity index is 648. The molecular weight excluding hydrogens is 350 g/mol. The van der Waals surface area contributed by atoms with Crippen molar-refractivity contribution in [2.45, 2.75) is 39.2 Å². The largest absolute Gasteiger partial charge is 0.379 e. The summed E-state index contributed by atoms with van der Waals surface area (Å²) in [7, 11) is 0. The summed E-state index contributed by atoms with van der Waals surface area (Å²) in [6.07, 6.45) is 3.57. The zero-order valence-electron chi connectivity index (χ0n) is 15.8. The van der Waals surface area contributed by atoms with E-state index in [1.807, 2.05) is 18.7 Å². The van der Waals surface area contributed by atoms with Crippen molar-refractivity contribution in [3.63, 3.8) is 0 Å². The number of piperidine rings is 1. The fraction of sp³-hybridized carbons (Fsp3) is 0.789. The zero-order chi connectivity index (χ0) is 18.1.